The number of aliphatic hydroxyl groups excluding tert-OH is 1. The third-order valence-electron chi connectivity index (χ3n) is 2.41. The molecule has 0 bridgehead atoms. The summed E-state index contributed by atoms with van der Waals surface area (Å²) in [5.41, 5.74) is 1.98. The van der Waals surface area contributed by atoms with Crippen LogP contribution in [0.2, 0.25) is 0 Å². The number of aromatic nitrogens is 1. The topological polar surface area (TPSA) is 36.0 Å². The highest BCUT2D eigenvalue weighted by Crippen LogP contribution is 2.27. The van der Waals surface area contributed by atoms with Gasteiger partial charge in [-0.2, -0.15) is 0 Å². The summed E-state index contributed by atoms with van der Waals surface area (Å²) < 4.78 is 0. The monoisotopic (exact) mass is 188 g/mol. The van der Waals surface area contributed by atoms with E-state index in [9.17, 15) is 5.11 Å². The van der Waals surface area contributed by atoms with Gasteiger partial charge in [0.05, 0.1) is 0 Å². The number of fused-ring (bicyclic) bond motifs is 1. The molecule has 0 aliphatic rings. The van der Waals surface area contributed by atoms with Crippen molar-refractivity contribution in [3.63, 3.8) is 0 Å². The van der Waals surface area contributed by atoms with E-state index in [0.29, 0.717) is 6.10 Å². The van der Waals surface area contributed by atoms with Crippen LogP contribution in [-0.4, -0.2) is 10.1 Å². The van der Waals surface area contributed by atoms with Crippen molar-refractivity contribution >= 4 is 10.9 Å². The van der Waals surface area contributed by atoms with Gasteiger partial charge >= 0.3 is 0 Å². The van der Waals surface area contributed by atoms with Crippen molar-refractivity contribution < 1.29 is 5.11 Å². The van der Waals surface area contributed by atoms with E-state index in [4.69, 9.17) is 0 Å². The minimum atomic E-state index is 0.161. The number of hydrogen-bond acceptors (Lipinski definition) is 1. The van der Waals surface area contributed by atoms with Gasteiger partial charge in [0.25, 0.3) is 0 Å². The van der Waals surface area contributed by atoms with Crippen molar-refractivity contribution in [2.75, 3.05) is 0 Å². The Bertz CT molecular complexity index is 431. The Hall–Kier alpha value is -1.28. The first kappa shape index (κ1) is 9.28. The van der Waals surface area contributed by atoms with Gasteiger partial charge in [-0.25, -0.2) is 0 Å². The second-order valence-electron chi connectivity index (χ2n) is 3.79. The summed E-state index contributed by atoms with van der Waals surface area (Å²) in [7, 11) is 0. The summed E-state index contributed by atoms with van der Waals surface area (Å²) in [5, 5.41) is 11.0. The van der Waals surface area contributed by atoms with Gasteiger partial charge in [-0.05, 0) is 12.0 Å². The van der Waals surface area contributed by atoms with Crippen LogP contribution in [0.1, 0.15) is 19.4 Å². The van der Waals surface area contributed by atoms with Gasteiger partial charge in [-0.15, -0.1) is 0 Å². The first-order valence-electron chi connectivity index (χ1n) is 4.82. The van der Waals surface area contributed by atoms with Gasteiger partial charge in [0, 0.05) is 22.7 Å². The van der Waals surface area contributed by atoms with Crippen LogP contribution in [0, 0.1) is 12.0 Å². The SMILES string of the molecule is CC(C)[C](O)c1c[nH]c2ccccc12. The number of benzene rings is 1. The fourth-order valence-electron chi connectivity index (χ4n) is 1.59. The van der Waals surface area contributed by atoms with Crippen LogP contribution in [0.4, 0.5) is 0 Å². The number of rotatable bonds is 2. The van der Waals surface area contributed by atoms with E-state index in [-0.39, 0.29) is 5.92 Å². The van der Waals surface area contributed by atoms with Gasteiger partial charge in [-0.1, -0.05) is 32.0 Å². The highest BCUT2D eigenvalue weighted by Gasteiger charge is 2.16. The van der Waals surface area contributed by atoms with Gasteiger partial charge < -0.3 is 10.1 Å². The number of hydrogen-bond donors (Lipinski definition) is 2. The van der Waals surface area contributed by atoms with E-state index >= 15 is 0 Å². The number of H-pyrrole nitrogens is 1. The Labute approximate surface area is 83.6 Å². The summed E-state index contributed by atoms with van der Waals surface area (Å²) in [6.07, 6.45) is 2.31. The molecular weight excluding hydrogens is 174 g/mol. The van der Waals surface area contributed by atoms with E-state index in [1.807, 2.05) is 44.3 Å². The molecule has 1 aromatic carbocycles. The summed E-state index contributed by atoms with van der Waals surface area (Å²) in [6.45, 7) is 3.97. The van der Waals surface area contributed by atoms with E-state index in [1.54, 1.807) is 0 Å². The number of aliphatic hydroxyl groups is 1. The Kier molecular flexibility index (Phi) is 2.30. The van der Waals surface area contributed by atoms with E-state index in [2.05, 4.69) is 4.98 Å². The Morgan fingerprint density at radius 3 is 2.71 bits per heavy atom. The molecule has 2 N–H and O–H groups in total. The lowest BCUT2D eigenvalue weighted by Gasteiger charge is -2.11. The molecule has 2 aromatic rings. The highest BCUT2D eigenvalue weighted by atomic mass is 16.3. The van der Waals surface area contributed by atoms with Crippen molar-refractivity contribution in [1.29, 1.82) is 0 Å². The quantitative estimate of drug-likeness (QED) is 0.746. The maximum atomic E-state index is 9.88. The molecule has 73 valence electrons. The van der Waals surface area contributed by atoms with Crippen LogP contribution in [0.3, 0.4) is 0 Å². The summed E-state index contributed by atoms with van der Waals surface area (Å²) in [5.74, 6) is 0.161. The zero-order valence-electron chi connectivity index (χ0n) is 8.41. The fraction of sp³-hybridized carbons (Fsp3) is 0.250. The molecular formula is C12H14NO. The predicted octanol–water partition coefficient (Wildman–Crippen LogP) is 3.08. The van der Waals surface area contributed by atoms with Gasteiger partial charge in [0.2, 0.25) is 0 Å². The summed E-state index contributed by atoms with van der Waals surface area (Å²) in [6, 6.07) is 7.98. The van der Waals surface area contributed by atoms with Crippen LogP contribution in [0.15, 0.2) is 30.5 Å². The highest BCUT2D eigenvalue weighted by molar-refractivity contribution is 5.84. The maximum Gasteiger partial charge on any atom is 0.127 e. The minimum Gasteiger partial charge on any atom is -0.381 e. The lowest BCUT2D eigenvalue weighted by Crippen LogP contribution is -2.05. The molecule has 0 spiro atoms. The molecule has 1 aromatic heterocycles. The molecule has 0 aliphatic carbocycles. The lowest BCUT2D eigenvalue weighted by molar-refractivity contribution is 0.275. The van der Waals surface area contributed by atoms with Crippen molar-refractivity contribution in [2.24, 2.45) is 5.92 Å². The van der Waals surface area contributed by atoms with Crippen molar-refractivity contribution in [3.8, 4) is 0 Å². The average molecular weight is 188 g/mol. The number of para-hydroxylation sites is 1. The molecule has 0 fully saturated rings. The van der Waals surface area contributed by atoms with Crippen molar-refractivity contribution in [3.05, 3.63) is 42.1 Å². The lowest BCUT2D eigenvalue weighted by atomic mass is 9.99. The van der Waals surface area contributed by atoms with Crippen LogP contribution >= 0.6 is 0 Å². The summed E-state index contributed by atoms with van der Waals surface area (Å²) >= 11 is 0. The second-order valence-corrected chi connectivity index (χ2v) is 3.79. The molecule has 2 heteroatoms. The smallest absolute Gasteiger partial charge is 0.127 e. The first-order valence-corrected chi connectivity index (χ1v) is 4.82. The van der Waals surface area contributed by atoms with Crippen molar-refractivity contribution in [2.45, 2.75) is 13.8 Å². The number of nitrogens with one attached hydrogen (secondary N) is 1. The van der Waals surface area contributed by atoms with E-state index in [0.717, 1.165) is 16.5 Å². The third kappa shape index (κ3) is 1.42. The molecule has 0 unspecified atom stereocenters. The Balaban J connectivity index is 2.53. The molecule has 1 radical (unpaired) electrons. The van der Waals surface area contributed by atoms with Crippen LogP contribution < -0.4 is 0 Å². The molecule has 2 nitrogen and oxygen atoms in total. The Morgan fingerprint density at radius 1 is 1.29 bits per heavy atom. The third-order valence-corrected chi connectivity index (χ3v) is 2.41. The standard InChI is InChI=1S/C12H14NO/c1-8(2)12(14)10-7-13-11-6-4-3-5-9(10)11/h3-8,13-14H,1-2H3. The average Bonchev–Trinajstić information content (AvgIpc) is 2.60. The molecule has 14 heavy (non-hydrogen) atoms. The van der Waals surface area contributed by atoms with Crippen LogP contribution in [0.25, 0.3) is 10.9 Å². The van der Waals surface area contributed by atoms with Crippen LogP contribution in [0.5, 0.6) is 0 Å². The fourth-order valence-corrected chi connectivity index (χ4v) is 1.59. The minimum absolute atomic E-state index is 0.161. The zero-order chi connectivity index (χ0) is 10.1. The van der Waals surface area contributed by atoms with Gasteiger partial charge in [0.1, 0.15) is 6.10 Å². The molecule has 0 saturated heterocycles. The first-order chi connectivity index (χ1) is 6.70. The van der Waals surface area contributed by atoms with E-state index < -0.39 is 0 Å². The molecule has 1 heterocycles. The zero-order valence-corrected chi connectivity index (χ0v) is 8.41. The number of aromatic amines is 1. The van der Waals surface area contributed by atoms with E-state index in [1.165, 1.54) is 0 Å². The van der Waals surface area contributed by atoms with Crippen LogP contribution in [-0.2, 0) is 0 Å². The largest absolute Gasteiger partial charge is 0.381 e. The summed E-state index contributed by atoms with van der Waals surface area (Å²) in [4.78, 5) is 3.14. The predicted molar refractivity (Wildman–Crippen MR) is 57.4 cm³/mol. The van der Waals surface area contributed by atoms with Crippen molar-refractivity contribution in [1.82, 2.24) is 4.98 Å². The Morgan fingerprint density at radius 2 is 2.00 bits per heavy atom. The van der Waals surface area contributed by atoms with Gasteiger partial charge in [-0.3, -0.25) is 0 Å². The van der Waals surface area contributed by atoms with Gasteiger partial charge in [0.15, 0.2) is 0 Å². The normalized spacial score (nSPS) is 11.8. The molecule has 0 amide bonds. The molecule has 0 aliphatic heterocycles. The molecule has 2 rings (SSSR count). The molecule has 0 saturated carbocycles. The second kappa shape index (κ2) is 3.46. The maximum absolute atomic E-state index is 9.88. The molecule has 0 atom stereocenters.